The van der Waals surface area contributed by atoms with Gasteiger partial charge in [0.1, 0.15) is 11.5 Å². The molecule has 0 bridgehead atoms. The molecular formula is C22H26O8. The van der Waals surface area contributed by atoms with Gasteiger partial charge in [0.25, 0.3) is 0 Å². The van der Waals surface area contributed by atoms with Gasteiger partial charge in [0.15, 0.2) is 23.0 Å². The van der Waals surface area contributed by atoms with E-state index >= 15 is 0 Å². The molecule has 30 heavy (non-hydrogen) atoms. The summed E-state index contributed by atoms with van der Waals surface area (Å²) >= 11 is 0. The second-order valence-electron chi connectivity index (χ2n) is 5.79. The topological polar surface area (TPSA) is 81.7 Å². The summed E-state index contributed by atoms with van der Waals surface area (Å²) in [6.45, 7) is 1.96. The maximum absolute atomic E-state index is 12.1. The number of methoxy groups -OCH3 is 5. The molecule has 0 amide bonds. The molecule has 0 fully saturated rings. The number of ether oxygens (including phenoxy) is 7. The molecule has 0 aliphatic heterocycles. The smallest absolute Gasteiger partial charge is 0.334 e. The van der Waals surface area contributed by atoms with Gasteiger partial charge in [0.2, 0.25) is 5.75 Å². The molecule has 2 aromatic carbocycles. The van der Waals surface area contributed by atoms with Crippen LogP contribution in [0.1, 0.15) is 12.5 Å². The van der Waals surface area contributed by atoms with E-state index in [1.54, 1.807) is 44.4 Å². The number of hydrogen-bond acceptors (Lipinski definition) is 8. The Morgan fingerprint density at radius 2 is 1.40 bits per heavy atom. The van der Waals surface area contributed by atoms with E-state index in [4.69, 9.17) is 33.2 Å². The molecule has 8 nitrogen and oxygen atoms in total. The van der Waals surface area contributed by atoms with Crippen molar-refractivity contribution in [2.24, 2.45) is 0 Å². The second-order valence-corrected chi connectivity index (χ2v) is 5.79. The Bertz CT molecular complexity index is 879. The molecule has 0 N–H and O–H groups in total. The maximum atomic E-state index is 12.1. The van der Waals surface area contributed by atoms with Gasteiger partial charge in [-0.05, 0) is 25.1 Å². The Balaban J connectivity index is 2.53. The fourth-order valence-corrected chi connectivity index (χ4v) is 2.70. The van der Waals surface area contributed by atoms with E-state index < -0.39 is 5.97 Å². The van der Waals surface area contributed by atoms with Crippen molar-refractivity contribution in [2.75, 3.05) is 42.2 Å². The van der Waals surface area contributed by atoms with Crippen LogP contribution in [0.4, 0.5) is 0 Å². The van der Waals surface area contributed by atoms with Gasteiger partial charge in [-0.25, -0.2) is 4.79 Å². The lowest BCUT2D eigenvalue weighted by Crippen LogP contribution is -2.05. The summed E-state index contributed by atoms with van der Waals surface area (Å²) < 4.78 is 37.7. The average molecular weight is 418 g/mol. The van der Waals surface area contributed by atoms with Gasteiger partial charge in [-0.2, -0.15) is 0 Å². The highest BCUT2D eigenvalue weighted by Crippen LogP contribution is 2.42. The van der Waals surface area contributed by atoms with Gasteiger partial charge < -0.3 is 33.2 Å². The van der Waals surface area contributed by atoms with Gasteiger partial charge >= 0.3 is 5.97 Å². The number of carbonyl (C=O) groups is 1. The summed E-state index contributed by atoms with van der Waals surface area (Å²) in [6.07, 6.45) is 1.26. The molecule has 0 aromatic heterocycles. The van der Waals surface area contributed by atoms with Crippen LogP contribution in [0.3, 0.4) is 0 Å². The molecule has 0 aliphatic rings. The van der Waals surface area contributed by atoms with E-state index in [0.717, 1.165) is 0 Å². The largest absolute Gasteiger partial charge is 0.493 e. The number of benzene rings is 2. The minimum absolute atomic E-state index is 0.235. The van der Waals surface area contributed by atoms with Crippen LogP contribution in [0.15, 0.2) is 36.4 Å². The van der Waals surface area contributed by atoms with Crippen LogP contribution in [0.25, 0.3) is 5.76 Å². The highest BCUT2D eigenvalue weighted by atomic mass is 16.5. The van der Waals surface area contributed by atoms with Crippen molar-refractivity contribution in [2.45, 2.75) is 6.92 Å². The molecule has 2 aromatic rings. The van der Waals surface area contributed by atoms with Gasteiger partial charge in [0.05, 0.1) is 48.2 Å². The molecule has 0 spiro atoms. The highest BCUT2D eigenvalue weighted by Gasteiger charge is 2.17. The predicted molar refractivity (Wildman–Crippen MR) is 111 cm³/mol. The van der Waals surface area contributed by atoms with Crippen LogP contribution >= 0.6 is 0 Å². The first-order chi connectivity index (χ1) is 14.5. The first-order valence-electron chi connectivity index (χ1n) is 9.09. The van der Waals surface area contributed by atoms with E-state index in [9.17, 15) is 4.79 Å². The van der Waals surface area contributed by atoms with Gasteiger partial charge in [-0.3, -0.25) is 0 Å². The maximum Gasteiger partial charge on any atom is 0.334 e. The molecule has 0 radical (unpaired) electrons. The first kappa shape index (κ1) is 22.7. The Kier molecular flexibility index (Phi) is 8.22. The first-order valence-corrected chi connectivity index (χ1v) is 9.09. The van der Waals surface area contributed by atoms with E-state index in [0.29, 0.717) is 40.1 Å². The van der Waals surface area contributed by atoms with E-state index in [1.165, 1.54) is 34.5 Å². The molecule has 0 unspecified atom stereocenters. The summed E-state index contributed by atoms with van der Waals surface area (Å²) in [5, 5.41) is 0. The summed E-state index contributed by atoms with van der Waals surface area (Å²) in [4.78, 5) is 12.1. The van der Waals surface area contributed by atoms with Crippen molar-refractivity contribution < 1.29 is 38.0 Å². The lowest BCUT2D eigenvalue weighted by atomic mass is 10.1. The third kappa shape index (κ3) is 5.28. The lowest BCUT2D eigenvalue weighted by molar-refractivity contribution is -0.137. The summed E-state index contributed by atoms with van der Waals surface area (Å²) in [6, 6.07) is 8.40. The number of carbonyl (C=O) groups excluding carboxylic acids is 1. The molecule has 0 heterocycles. The average Bonchev–Trinajstić information content (AvgIpc) is 2.77. The number of esters is 1. The van der Waals surface area contributed by atoms with Crippen LogP contribution in [0, 0.1) is 0 Å². The van der Waals surface area contributed by atoms with E-state index in [2.05, 4.69) is 0 Å². The SMILES string of the molecule is CCOC(=O)/C=C(/Oc1cc(OC)c(OC)c(OC)c1)c1ccc(OC)c(OC)c1. The fourth-order valence-electron chi connectivity index (χ4n) is 2.70. The molecule has 8 heteroatoms. The van der Waals surface area contributed by atoms with Crippen LogP contribution in [0.5, 0.6) is 34.5 Å². The minimum atomic E-state index is -0.547. The second kappa shape index (κ2) is 10.8. The van der Waals surface area contributed by atoms with Crippen molar-refractivity contribution in [3.05, 3.63) is 42.0 Å². The minimum Gasteiger partial charge on any atom is -0.493 e. The van der Waals surface area contributed by atoms with Crippen molar-refractivity contribution in [1.82, 2.24) is 0 Å². The zero-order valence-corrected chi connectivity index (χ0v) is 17.9. The van der Waals surface area contributed by atoms with Crippen LogP contribution in [0.2, 0.25) is 0 Å². The highest BCUT2D eigenvalue weighted by molar-refractivity contribution is 5.90. The summed E-state index contributed by atoms with van der Waals surface area (Å²) in [5.74, 6) is 2.34. The van der Waals surface area contributed by atoms with Gasteiger partial charge in [-0.15, -0.1) is 0 Å². The van der Waals surface area contributed by atoms with Gasteiger partial charge in [0, 0.05) is 17.7 Å². The third-order valence-corrected chi connectivity index (χ3v) is 4.07. The molecule has 0 saturated heterocycles. The quantitative estimate of drug-likeness (QED) is 0.328. The normalized spacial score (nSPS) is 10.8. The lowest BCUT2D eigenvalue weighted by Gasteiger charge is -2.16. The van der Waals surface area contributed by atoms with Crippen molar-refractivity contribution in [1.29, 1.82) is 0 Å². The zero-order chi connectivity index (χ0) is 22.1. The molecule has 2 rings (SSSR count). The molecule has 0 atom stereocenters. The molecular weight excluding hydrogens is 392 g/mol. The monoisotopic (exact) mass is 418 g/mol. The Morgan fingerprint density at radius 3 is 1.90 bits per heavy atom. The zero-order valence-electron chi connectivity index (χ0n) is 17.9. The van der Waals surface area contributed by atoms with E-state index in [1.807, 2.05) is 0 Å². The van der Waals surface area contributed by atoms with Crippen LogP contribution in [-0.4, -0.2) is 48.1 Å². The predicted octanol–water partition coefficient (Wildman–Crippen LogP) is 3.71. The number of rotatable bonds is 10. The molecule has 162 valence electrons. The summed E-state index contributed by atoms with van der Waals surface area (Å²) in [7, 11) is 7.59. The number of hydrogen-bond donors (Lipinski definition) is 0. The fraction of sp³-hybridized carbons (Fsp3) is 0.318. The summed E-state index contributed by atoms with van der Waals surface area (Å²) in [5.41, 5.74) is 0.578. The Hall–Kier alpha value is -3.55. The Labute approximate surface area is 175 Å². The van der Waals surface area contributed by atoms with Crippen LogP contribution in [-0.2, 0) is 9.53 Å². The van der Waals surface area contributed by atoms with Crippen LogP contribution < -0.4 is 28.4 Å². The van der Waals surface area contributed by atoms with Crippen molar-refractivity contribution in [3.63, 3.8) is 0 Å². The standard InChI is InChI=1S/C22H26O8/c1-7-29-21(23)13-17(14-8-9-16(24-2)18(10-14)25-3)30-15-11-19(26-4)22(28-6)20(12-15)27-5/h8-13H,7H2,1-6H3/b17-13+. The van der Waals surface area contributed by atoms with E-state index in [-0.39, 0.29) is 12.4 Å². The van der Waals surface area contributed by atoms with Crippen molar-refractivity contribution in [3.8, 4) is 34.5 Å². The molecule has 0 saturated carbocycles. The molecule has 0 aliphatic carbocycles. The van der Waals surface area contributed by atoms with Gasteiger partial charge in [-0.1, -0.05) is 0 Å². The Morgan fingerprint density at radius 1 is 0.800 bits per heavy atom. The third-order valence-electron chi connectivity index (χ3n) is 4.07. The van der Waals surface area contributed by atoms with Crippen molar-refractivity contribution >= 4 is 11.7 Å².